The molecule has 7 heteroatoms. The third-order valence-electron chi connectivity index (χ3n) is 5.26. The molecule has 2 aliphatic rings. The third-order valence-corrected chi connectivity index (χ3v) is 5.26. The van der Waals surface area contributed by atoms with Gasteiger partial charge in [0.25, 0.3) is 5.91 Å². The molecule has 130 valence electrons. The highest BCUT2D eigenvalue weighted by Crippen LogP contribution is 2.52. The van der Waals surface area contributed by atoms with Gasteiger partial charge in [0.15, 0.2) is 0 Å². The summed E-state index contributed by atoms with van der Waals surface area (Å²) in [5, 5.41) is 4.49. The zero-order chi connectivity index (χ0) is 17.7. The van der Waals surface area contributed by atoms with Crippen LogP contribution >= 0.6 is 0 Å². The van der Waals surface area contributed by atoms with E-state index in [0.29, 0.717) is 35.6 Å². The molecule has 1 aliphatic heterocycles. The first-order valence-electron chi connectivity index (χ1n) is 8.21. The summed E-state index contributed by atoms with van der Waals surface area (Å²) >= 11 is 0. The summed E-state index contributed by atoms with van der Waals surface area (Å²) in [4.78, 5) is 27.7. The standard InChI is InChI=1S/C18H19N3O4/c1-8-14-12(21-17(23)15(8)14)7-25-18-10-6-13(24-2)11(16(19)22)5-9(10)3-4-20-18/h3-6,8,12,14-15H,7H2,1-2H3,(H2,19,22)(H,21,23). The summed E-state index contributed by atoms with van der Waals surface area (Å²) < 4.78 is 11.2. The van der Waals surface area contributed by atoms with E-state index in [4.69, 9.17) is 15.2 Å². The van der Waals surface area contributed by atoms with Gasteiger partial charge in [-0.25, -0.2) is 4.98 Å². The molecule has 2 fully saturated rings. The van der Waals surface area contributed by atoms with Crippen LogP contribution in [0.1, 0.15) is 17.3 Å². The molecule has 3 N–H and O–H groups in total. The van der Waals surface area contributed by atoms with Gasteiger partial charge in [-0.2, -0.15) is 0 Å². The molecule has 1 saturated heterocycles. The molecule has 4 unspecified atom stereocenters. The maximum Gasteiger partial charge on any atom is 0.252 e. The van der Waals surface area contributed by atoms with Crippen LogP contribution in [-0.4, -0.2) is 36.6 Å². The average molecular weight is 341 g/mol. The number of hydrogen-bond donors (Lipinski definition) is 2. The van der Waals surface area contributed by atoms with Gasteiger partial charge in [0.05, 0.1) is 18.7 Å². The zero-order valence-electron chi connectivity index (χ0n) is 14.0. The summed E-state index contributed by atoms with van der Waals surface area (Å²) in [7, 11) is 1.48. The second kappa shape index (κ2) is 5.61. The molecule has 2 aromatic rings. The summed E-state index contributed by atoms with van der Waals surface area (Å²) in [5.41, 5.74) is 5.71. The fourth-order valence-corrected chi connectivity index (χ4v) is 3.87. The lowest BCUT2D eigenvalue weighted by Crippen LogP contribution is -2.36. The summed E-state index contributed by atoms with van der Waals surface area (Å²) in [6.07, 6.45) is 1.62. The number of nitrogens with two attached hydrogens (primary N) is 1. The molecular weight excluding hydrogens is 322 g/mol. The highest BCUT2D eigenvalue weighted by Gasteiger charge is 2.61. The number of rotatable bonds is 5. The molecule has 1 aromatic carbocycles. The van der Waals surface area contributed by atoms with Crippen LogP contribution in [0.2, 0.25) is 0 Å². The van der Waals surface area contributed by atoms with Crippen molar-refractivity contribution in [2.75, 3.05) is 13.7 Å². The van der Waals surface area contributed by atoms with E-state index in [0.717, 1.165) is 10.8 Å². The number of aromatic nitrogens is 1. The smallest absolute Gasteiger partial charge is 0.252 e. The van der Waals surface area contributed by atoms with Gasteiger partial charge in [-0.1, -0.05) is 6.92 Å². The minimum absolute atomic E-state index is 0.0105. The average Bonchev–Trinajstić information content (AvgIpc) is 3.15. The van der Waals surface area contributed by atoms with E-state index in [-0.39, 0.29) is 17.9 Å². The fraction of sp³-hybridized carbons (Fsp3) is 0.389. The second-order valence-electron chi connectivity index (χ2n) is 6.64. The first-order valence-corrected chi connectivity index (χ1v) is 8.21. The first kappa shape index (κ1) is 15.7. The number of nitrogens with one attached hydrogen (secondary N) is 1. The van der Waals surface area contributed by atoms with Crippen LogP contribution in [0.15, 0.2) is 24.4 Å². The Morgan fingerprint density at radius 3 is 2.84 bits per heavy atom. The van der Waals surface area contributed by atoms with Crippen LogP contribution in [0.5, 0.6) is 11.6 Å². The van der Waals surface area contributed by atoms with E-state index < -0.39 is 5.91 Å². The lowest BCUT2D eigenvalue weighted by Gasteiger charge is -2.16. The number of pyridine rings is 1. The van der Waals surface area contributed by atoms with E-state index in [9.17, 15) is 9.59 Å². The first-order chi connectivity index (χ1) is 12.0. The van der Waals surface area contributed by atoms with Gasteiger partial charge in [-0.05, 0) is 35.4 Å². The van der Waals surface area contributed by atoms with E-state index in [2.05, 4.69) is 17.2 Å². The van der Waals surface area contributed by atoms with E-state index in [1.54, 1.807) is 24.4 Å². The number of hydrogen-bond acceptors (Lipinski definition) is 5. The molecule has 0 radical (unpaired) electrons. The molecule has 1 saturated carbocycles. The zero-order valence-corrected chi connectivity index (χ0v) is 14.0. The topological polar surface area (TPSA) is 104 Å². The van der Waals surface area contributed by atoms with Gasteiger partial charge >= 0.3 is 0 Å². The second-order valence-corrected chi connectivity index (χ2v) is 6.64. The van der Waals surface area contributed by atoms with E-state index in [1.165, 1.54) is 7.11 Å². The van der Waals surface area contributed by atoms with Crippen molar-refractivity contribution in [3.05, 3.63) is 30.0 Å². The lowest BCUT2D eigenvalue weighted by atomic mass is 10.1. The molecule has 0 spiro atoms. The Labute approximate surface area is 144 Å². The number of methoxy groups -OCH3 is 1. The monoisotopic (exact) mass is 341 g/mol. The van der Waals surface area contributed by atoms with Crippen LogP contribution in [0.3, 0.4) is 0 Å². The van der Waals surface area contributed by atoms with Crippen molar-refractivity contribution in [2.24, 2.45) is 23.5 Å². The maximum atomic E-state index is 11.8. The number of benzene rings is 1. The van der Waals surface area contributed by atoms with Gasteiger partial charge in [-0.3, -0.25) is 9.59 Å². The molecule has 0 bridgehead atoms. The van der Waals surface area contributed by atoms with Crippen LogP contribution in [0, 0.1) is 17.8 Å². The van der Waals surface area contributed by atoms with E-state index in [1.807, 2.05) is 0 Å². The van der Waals surface area contributed by atoms with Crippen molar-refractivity contribution < 1.29 is 19.1 Å². The number of primary amides is 1. The molecule has 2 heterocycles. The molecule has 4 rings (SSSR count). The maximum absolute atomic E-state index is 11.8. The van der Waals surface area contributed by atoms with Gasteiger partial charge in [0.2, 0.25) is 11.8 Å². The van der Waals surface area contributed by atoms with Crippen LogP contribution < -0.4 is 20.5 Å². The van der Waals surface area contributed by atoms with E-state index >= 15 is 0 Å². The highest BCUT2D eigenvalue weighted by atomic mass is 16.5. The van der Waals surface area contributed by atoms with Gasteiger partial charge < -0.3 is 20.5 Å². The number of nitrogens with zero attached hydrogens (tertiary/aromatic N) is 1. The Bertz CT molecular complexity index is 882. The van der Waals surface area contributed by atoms with Crippen LogP contribution in [0.25, 0.3) is 10.8 Å². The summed E-state index contributed by atoms with van der Waals surface area (Å²) in [5.74, 6) is 1.28. The third kappa shape index (κ3) is 2.47. The van der Waals surface area contributed by atoms with Crippen molar-refractivity contribution >= 4 is 22.6 Å². The predicted octanol–water partition coefficient (Wildman–Crippen LogP) is 1.10. The number of carbonyl (C=O) groups excluding carboxylic acids is 2. The quantitative estimate of drug-likeness (QED) is 0.848. The van der Waals surface area contributed by atoms with Crippen molar-refractivity contribution in [3.8, 4) is 11.6 Å². The number of piperidine rings is 1. The number of amides is 2. The molecular formula is C18H19N3O4. The summed E-state index contributed by atoms with van der Waals surface area (Å²) in [6, 6.07) is 5.16. The van der Waals surface area contributed by atoms with Crippen LogP contribution in [0.4, 0.5) is 0 Å². The van der Waals surface area contributed by atoms with Gasteiger partial charge in [0.1, 0.15) is 12.4 Å². The number of carbonyl (C=O) groups is 2. The van der Waals surface area contributed by atoms with Crippen molar-refractivity contribution in [2.45, 2.75) is 13.0 Å². The van der Waals surface area contributed by atoms with Crippen molar-refractivity contribution in [1.29, 1.82) is 0 Å². The molecule has 25 heavy (non-hydrogen) atoms. The largest absolute Gasteiger partial charge is 0.496 e. The Balaban J connectivity index is 1.61. The number of ether oxygens (including phenoxy) is 2. The predicted molar refractivity (Wildman–Crippen MR) is 90.4 cm³/mol. The van der Waals surface area contributed by atoms with Crippen molar-refractivity contribution in [3.63, 3.8) is 0 Å². The molecule has 1 aromatic heterocycles. The van der Waals surface area contributed by atoms with Crippen molar-refractivity contribution in [1.82, 2.24) is 10.3 Å². The Morgan fingerprint density at radius 2 is 2.20 bits per heavy atom. The Hall–Kier alpha value is -2.83. The van der Waals surface area contributed by atoms with Crippen LogP contribution in [-0.2, 0) is 4.79 Å². The fourth-order valence-electron chi connectivity index (χ4n) is 3.87. The lowest BCUT2D eigenvalue weighted by molar-refractivity contribution is -0.121. The number of fused-ring (bicyclic) bond motifs is 2. The summed E-state index contributed by atoms with van der Waals surface area (Å²) in [6.45, 7) is 2.46. The minimum Gasteiger partial charge on any atom is -0.496 e. The normalized spacial score (nSPS) is 26.9. The minimum atomic E-state index is -0.555. The SMILES string of the molecule is COc1cc2c(OCC3NC(=O)C4C(C)C34)nccc2cc1C(N)=O. The highest BCUT2D eigenvalue weighted by molar-refractivity contribution is 6.01. The molecule has 2 amide bonds. The Morgan fingerprint density at radius 1 is 1.40 bits per heavy atom. The Kier molecular flexibility index (Phi) is 3.52. The molecule has 1 aliphatic carbocycles. The molecule has 7 nitrogen and oxygen atoms in total. The van der Waals surface area contributed by atoms with Gasteiger partial charge in [0, 0.05) is 17.5 Å². The van der Waals surface area contributed by atoms with Gasteiger partial charge in [-0.15, -0.1) is 0 Å². The molecule has 4 atom stereocenters.